The predicted octanol–water partition coefficient (Wildman–Crippen LogP) is 1.93. The van der Waals surface area contributed by atoms with E-state index in [1.165, 1.54) is 0 Å². The Bertz CT molecular complexity index is 620. The quantitative estimate of drug-likeness (QED) is 0.916. The van der Waals surface area contributed by atoms with E-state index >= 15 is 0 Å². The van der Waals surface area contributed by atoms with E-state index in [0.29, 0.717) is 13.0 Å². The molecule has 3 rings (SSSR count). The van der Waals surface area contributed by atoms with Gasteiger partial charge < -0.3 is 14.6 Å². The zero-order chi connectivity index (χ0) is 13.4. The van der Waals surface area contributed by atoms with Crippen LogP contribution >= 0.6 is 0 Å². The molecule has 1 unspecified atom stereocenters. The molecule has 0 spiro atoms. The number of likely N-dealkylation sites (tertiary alicyclic amines) is 1. The predicted molar refractivity (Wildman–Crippen MR) is 71.9 cm³/mol. The van der Waals surface area contributed by atoms with E-state index in [9.17, 15) is 9.90 Å². The Balaban J connectivity index is 1.93. The number of rotatable bonds is 3. The highest BCUT2D eigenvalue weighted by molar-refractivity contribution is 5.85. The van der Waals surface area contributed by atoms with E-state index in [0.717, 1.165) is 23.9 Å². The smallest absolute Gasteiger partial charge is 0.224 e. The average Bonchev–Trinajstić information content (AvgIpc) is 2.93. The third-order valence-electron chi connectivity index (χ3n) is 3.67. The average molecular weight is 259 g/mol. The van der Waals surface area contributed by atoms with Gasteiger partial charge in [0.1, 0.15) is 0 Å². The van der Waals surface area contributed by atoms with Crippen LogP contribution < -0.4 is 0 Å². The molecule has 2 aromatic heterocycles. The van der Waals surface area contributed by atoms with Crippen molar-refractivity contribution in [3.05, 3.63) is 24.5 Å². The number of fused-ring (bicyclic) bond motifs is 1. The van der Waals surface area contributed by atoms with Crippen molar-refractivity contribution in [2.45, 2.75) is 25.8 Å². The lowest BCUT2D eigenvalue weighted by Gasteiger charge is -2.16. The summed E-state index contributed by atoms with van der Waals surface area (Å²) in [5, 5.41) is 11.0. The number of carbonyl (C=O) groups is 1. The minimum Gasteiger partial charge on any atom is -0.494 e. The van der Waals surface area contributed by atoms with Crippen molar-refractivity contribution < 1.29 is 9.90 Å². The first-order valence-corrected chi connectivity index (χ1v) is 6.63. The van der Waals surface area contributed by atoms with E-state index in [1.54, 1.807) is 16.8 Å². The molecule has 100 valence electrons. The van der Waals surface area contributed by atoms with Crippen molar-refractivity contribution in [3.8, 4) is 5.88 Å². The minimum absolute atomic E-state index is 0.00764. The Morgan fingerprint density at radius 3 is 3.11 bits per heavy atom. The van der Waals surface area contributed by atoms with Gasteiger partial charge in [0.25, 0.3) is 0 Å². The Hall–Kier alpha value is -2.04. The lowest BCUT2D eigenvalue weighted by atomic mass is 10.2. The topological polar surface area (TPSA) is 58.4 Å². The number of pyridine rings is 1. The van der Waals surface area contributed by atoms with Gasteiger partial charge in [-0.05, 0) is 18.6 Å². The van der Waals surface area contributed by atoms with Crippen LogP contribution in [0.3, 0.4) is 0 Å². The molecule has 0 aromatic carbocycles. The molecule has 1 aliphatic heterocycles. The maximum absolute atomic E-state index is 11.9. The van der Waals surface area contributed by atoms with Gasteiger partial charge in [-0.2, -0.15) is 0 Å². The van der Waals surface area contributed by atoms with E-state index in [-0.39, 0.29) is 17.8 Å². The zero-order valence-corrected chi connectivity index (χ0v) is 10.9. The number of amides is 1. The van der Waals surface area contributed by atoms with Crippen molar-refractivity contribution in [2.24, 2.45) is 0 Å². The second-order valence-corrected chi connectivity index (χ2v) is 4.99. The molecule has 1 fully saturated rings. The first-order valence-electron chi connectivity index (χ1n) is 6.63. The van der Waals surface area contributed by atoms with Crippen LogP contribution in [0, 0.1) is 0 Å². The molecule has 3 heterocycles. The monoisotopic (exact) mass is 259 g/mol. The van der Waals surface area contributed by atoms with Gasteiger partial charge in [-0.3, -0.25) is 9.78 Å². The number of aromatic hydroxyl groups is 1. The van der Waals surface area contributed by atoms with Gasteiger partial charge in [0.05, 0.1) is 16.9 Å². The molecule has 1 atom stereocenters. The molecule has 1 aliphatic rings. The van der Waals surface area contributed by atoms with Crippen LogP contribution in [0.15, 0.2) is 24.5 Å². The van der Waals surface area contributed by atoms with E-state index in [2.05, 4.69) is 11.9 Å². The van der Waals surface area contributed by atoms with Gasteiger partial charge in [-0.1, -0.05) is 6.92 Å². The van der Waals surface area contributed by atoms with Crippen LogP contribution in [0.1, 0.15) is 25.8 Å². The van der Waals surface area contributed by atoms with Crippen LogP contribution in [0.5, 0.6) is 5.88 Å². The summed E-state index contributed by atoms with van der Waals surface area (Å²) in [4.78, 5) is 18.0. The summed E-state index contributed by atoms with van der Waals surface area (Å²) in [5.41, 5.74) is 0.765. The lowest BCUT2D eigenvalue weighted by Crippen LogP contribution is -2.26. The van der Waals surface area contributed by atoms with Gasteiger partial charge in [-0.25, -0.2) is 0 Å². The minimum atomic E-state index is 0.00764. The molecule has 0 radical (unpaired) electrons. The summed E-state index contributed by atoms with van der Waals surface area (Å²) in [6, 6.07) is 3.65. The molecule has 1 N–H and O–H groups in total. The van der Waals surface area contributed by atoms with Gasteiger partial charge in [0.2, 0.25) is 11.8 Å². The van der Waals surface area contributed by atoms with Gasteiger partial charge in [0, 0.05) is 31.9 Å². The first kappa shape index (κ1) is 12.0. The molecule has 19 heavy (non-hydrogen) atoms. The van der Waals surface area contributed by atoms with Crippen molar-refractivity contribution in [1.82, 2.24) is 14.5 Å². The number of hydrogen-bond donors (Lipinski definition) is 1. The summed E-state index contributed by atoms with van der Waals surface area (Å²) < 4.78 is 1.78. The molecule has 5 nitrogen and oxygen atoms in total. The van der Waals surface area contributed by atoms with Crippen LogP contribution in [0.25, 0.3) is 10.9 Å². The molecule has 1 saturated heterocycles. The third kappa shape index (κ3) is 1.95. The highest BCUT2D eigenvalue weighted by Crippen LogP contribution is 2.33. The number of carbonyl (C=O) groups excluding carboxylic acids is 1. The SMILES string of the molecule is CCCN1CC(n2cc3ncccc3c2O)CC1=O. The maximum atomic E-state index is 11.9. The van der Waals surface area contributed by atoms with Gasteiger partial charge >= 0.3 is 0 Å². The Kier molecular flexibility index (Phi) is 2.89. The van der Waals surface area contributed by atoms with Crippen molar-refractivity contribution in [3.63, 3.8) is 0 Å². The fourth-order valence-corrected chi connectivity index (χ4v) is 2.74. The highest BCUT2D eigenvalue weighted by atomic mass is 16.3. The van der Waals surface area contributed by atoms with Crippen LogP contribution in [0.2, 0.25) is 0 Å². The van der Waals surface area contributed by atoms with Gasteiger partial charge in [-0.15, -0.1) is 0 Å². The summed E-state index contributed by atoms with van der Waals surface area (Å²) in [7, 11) is 0. The molecule has 0 saturated carbocycles. The normalized spacial score (nSPS) is 19.5. The highest BCUT2D eigenvalue weighted by Gasteiger charge is 2.31. The summed E-state index contributed by atoms with van der Waals surface area (Å²) >= 11 is 0. The van der Waals surface area contributed by atoms with Gasteiger partial charge in [0.15, 0.2) is 0 Å². The fourth-order valence-electron chi connectivity index (χ4n) is 2.74. The number of aromatic nitrogens is 2. The summed E-state index contributed by atoms with van der Waals surface area (Å²) in [6.45, 7) is 3.52. The van der Waals surface area contributed by atoms with Crippen molar-refractivity contribution in [2.75, 3.05) is 13.1 Å². The van der Waals surface area contributed by atoms with Crippen molar-refractivity contribution >= 4 is 16.8 Å². The molecule has 0 bridgehead atoms. The summed E-state index contributed by atoms with van der Waals surface area (Å²) in [6.07, 6.45) is 4.95. The second kappa shape index (κ2) is 4.57. The molecular weight excluding hydrogens is 242 g/mol. The second-order valence-electron chi connectivity index (χ2n) is 4.99. The van der Waals surface area contributed by atoms with E-state index < -0.39 is 0 Å². The Labute approximate surface area is 111 Å². The first-order chi connectivity index (χ1) is 9.20. The van der Waals surface area contributed by atoms with Crippen molar-refractivity contribution in [1.29, 1.82) is 0 Å². The molecule has 0 aliphatic carbocycles. The maximum Gasteiger partial charge on any atom is 0.224 e. The zero-order valence-electron chi connectivity index (χ0n) is 10.9. The molecule has 1 amide bonds. The van der Waals surface area contributed by atoms with Crippen LogP contribution in [-0.2, 0) is 4.79 Å². The Morgan fingerprint density at radius 1 is 1.53 bits per heavy atom. The third-order valence-corrected chi connectivity index (χ3v) is 3.67. The molecular formula is C14H17N3O2. The standard InChI is InChI=1S/C14H17N3O2/c1-2-6-16-8-10(7-13(16)18)17-9-12-11(14(17)19)4-3-5-15-12/h3-5,9-10,19H,2,6-8H2,1H3. The molecule has 5 heteroatoms. The lowest BCUT2D eigenvalue weighted by molar-refractivity contribution is -0.127. The number of nitrogens with zero attached hydrogens (tertiary/aromatic N) is 3. The van der Waals surface area contributed by atoms with E-state index in [1.807, 2.05) is 17.2 Å². The molecule has 2 aromatic rings. The fraction of sp³-hybridized carbons (Fsp3) is 0.429. The van der Waals surface area contributed by atoms with Crippen LogP contribution in [0.4, 0.5) is 0 Å². The Morgan fingerprint density at radius 2 is 2.37 bits per heavy atom. The largest absolute Gasteiger partial charge is 0.494 e. The summed E-state index contributed by atoms with van der Waals surface area (Å²) in [5.74, 6) is 0.371. The van der Waals surface area contributed by atoms with Crippen LogP contribution in [-0.4, -0.2) is 38.6 Å². The van der Waals surface area contributed by atoms with E-state index in [4.69, 9.17) is 0 Å². The number of hydrogen-bond acceptors (Lipinski definition) is 3.